The summed E-state index contributed by atoms with van der Waals surface area (Å²) in [5, 5.41) is 19.7. The zero-order valence-corrected chi connectivity index (χ0v) is 28.3. The number of hydrogen-bond acceptors (Lipinski definition) is 3. The molecular weight excluding hydrogens is 566 g/mol. The van der Waals surface area contributed by atoms with Crippen LogP contribution in [0.2, 0.25) is 0 Å². The average molecular weight is 627 g/mol. The Bertz CT molecular complexity index is 747. The molecular formula is C32H60BF5N2O3. The molecule has 0 N–H and O–H groups in total. The molecule has 0 saturated heterocycles. The van der Waals surface area contributed by atoms with Crippen LogP contribution in [0.1, 0.15) is 119 Å². The van der Waals surface area contributed by atoms with Gasteiger partial charge in [0.2, 0.25) is 29.1 Å². The predicted octanol–water partition coefficient (Wildman–Crippen LogP) is 7.13. The fourth-order valence-corrected chi connectivity index (χ4v) is 4.69. The third-order valence-corrected chi connectivity index (χ3v) is 7.69. The van der Waals surface area contributed by atoms with Crippen LogP contribution in [0.3, 0.4) is 0 Å². The van der Waals surface area contributed by atoms with Crippen LogP contribution >= 0.6 is 0 Å². The first-order valence-electron chi connectivity index (χ1n) is 16.4. The molecule has 11 heteroatoms. The summed E-state index contributed by atoms with van der Waals surface area (Å²) < 4.78 is 68.5. The second-order valence-electron chi connectivity index (χ2n) is 12.0. The van der Waals surface area contributed by atoms with Crippen LogP contribution in [0.4, 0.5) is 22.0 Å². The molecule has 0 bridgehead atoms. The van der Waals surface area contributed by atoms with Crippen molar-refractivity contribution in [1.82, 2.24) is 0 Å². The second-order valence-corrected chi connectivity index (χ2v) is 12.0. The van der Waals surface area contributed by atoms with E-state index in [0.29, 0.717) is 0 Å². The molecule has 0 unspecified atom stereocenters. The summed E-state index contributed by atoms with van der Waals surface area (Å²) in [5.41, 5.74) is 0. The van der Waals surface area contributed by atoms with E-state index in [1.165, 1.54) is 125 Å². The predicted molar refractivity (Wildman–Crippen MR) is 164 cm³/mol. The van der Waals surface area contributed by atoms with E-state index in [-0.39, 0.29) is 0 Å². The Balaban J connectivity index is 0. The molecule has 0 aromatic heterocycles. The number of nitrogens with zero attached hydrogens (tertiary/aromatic N) is 2. The largest absolute Gasteiger partial charge is 0.860 e. The highest BCUT2D eigenvalue weighted by Crippen LogP contribution is 2.28. The lowest BCUT2D eigenvalue weighted by molar-refractivity contribution is -0.910. The van der Waals surface area contributed by atoms with E-state index in [1.54, 1.807) is 0 Å². The maximum Gasteiger partial charge on any atom is 0.205 e. The molecule has 5 nitrogen and oxygen atoms in total. The molecule has 0 aliphatic heterocycles. The van der Waals surface area contributed by atoms with Crippen molar-refractivity contribution in [1.29, 1.82) is 0 Å². The lowest BCUT2D eigenvalue weighted by atomic mass is 10.2. The molecule has 1 aromatic carbocycles. The molecule has 0 amide bonds. The van der Waals surface area contributed by atoms with Gasteiger partial charge in [0.1, 0.15) is 7.32 Å². The van der Waals surface area contributed by atoms with Gasteiger partial charge in [0.25, 0.3) is 0 Å². The van der Waals surface area contributed by atoms with Crippen molar-refractivity contribution in [3.05, 3.63) is 29.1 Å². The molecule has 1 rings (SSSR count). The number of hydrogen-bond donors (Lipinski definition) is 0. The Morgan fingerprint density at radius 3 is 0.860 bits per heavy atom. The number of unbranched alkanes of at least 4 members (excludes halogenated alkanes) is 6. The van der Waals surface area contributed by atoms with Crippen molar-refractivity contribution >= 4 is 7.32 Å². The monoisotopic (exact) mass is 626 g/mol. The van der Waals surface area contributed by atoms with Gasteiger partial charge in [-0.25, -0.2) is 13.2 Å². The first-order valence-corrected chi connectivity index (χ1v) is 16.4. The van der Waals surface area contributed by atoms with Crippen molar-refractivity contribution in [2.24, 2.45) is 0 Å². The normalized spacial score (nSPS) is 11.4. The first-order chi connectivity index (χ1) is 20.2. The van der Waals surface area contributed by atoms with Gasteiger partial charge in [-0.05, 0) is 38.5 Å². The molecule has 0 aliphatic carbocycles. The molecule has 0 atom stereocenters. The first kappa shape index (κ1) is 43.7. The van der Waals surface area contributed by atoms with Gasteiger partial charge in [0.15, 0.2) is 5.75 Å². The third kappa shape index (κ3) is 18.9. The van der Waals surface area contributed by atoms with E-state index in [2.05, 4.69) is 60.3 Å². The fraction of sp³-hybridized carbons (Fsp3) is 0.812. The van der Waals surface area contributed by atoms with E-state index < -0.39 is 42.2 Å². The quantitative estimate of drug-likeness (QED) is 0.0509. The van der Waals surface area contributed by atoms with Gasteiger partial charge in [-0.1, -0.05) is 80.1 Å². The Hall–Kier alpha value is -1.43. The number of rotatable bonds is 20. The van der Waals surface area contributed by atoms with Crippen LogP contribution in [-0.2, 0) is 0 Å². The molecule has 43 heavy (non-hydrogen) atoms. The van der Waals surface area contributed by atoms with Gasteiger partial charge in [0.05, 0.1) is 53.4 Å². The maximum atomic E-state index is 12.6. The van der Waals surface area contributed by atoms with Gasteiger partial charge in [-0.2, -0.15) is 8.78 Å². The van der Waals surface area contributed by atoms with Crippen molar-refractivity contribution < 1.29 is 45.6 Å². The average Bonchev–Trinajstić information content (AvgIpc) is 2.99. The highest BCUT2D eigenvalue weighted by Gasteiger charge is 2.26. The maximum absolute atomic E-state index is 12.6. The minimum atomic E-state index is -3.20. The van der Waals surface area contributed by atoms with Gasteiger partial charge >= 0.3 is 0 Å². The van der Waals surface area contributed by atoms with Crippen LogP contribution in [0, 0.1) is 29.1 Å². The van der Waals surface area contributed by atoms with Gasteiger partial charge in [-0.3, -0.25) is 0 Å². The van der Waals surface area contributed by atoms with Crippen LogP contribution in [0.15, 0.2) is 0 Å². The van der Waals surface area contributed by atoms with E-state index in [4.69, 9.17) is 0 Å². The fourth-order valence-electron chi connectivity index (χ4n) is 4.69. The van der Waals surface area contributed by atoms with E-state index in [1.807, 2.05) is 0 Å². The Morgan fingerprint density at radius 2 is 0.674 bits per heavy atom. The molecule has 254 valence electrons. The Morgan fingerprint density at radius 1 is 0.465 bits per heavy atom. The van der Waals surface area contributed by atoms with Gasteiger partial charge in [-0.15, -0.1) is 0 Å². The van der Waals surface area contributed by atoms with E-state index in [0.717, 1.165) is 0 Å². The van der Waals surface area contributed by atoms with Gasteiger partial charge < -0.3 is 23.7 Å². The van der Waals surface area contributed by atoms with Crippen molar-refractivity contribution in [3.63, 3.8) is 0 Å². The summed E-state index contributed by atoms with van der Waals surface area (Å²) in [5.74, 6) is -13.6. The van der Waals surface area contributed by atoms with E-state index in [9.17, 15) is 32.0 Å². The molecule has 0 fully saturated rings. The zero-order valence-electron chi connectivity index (χ0n) is 28.3. The summed E-state index contributed by atoms with van der Waals surface area (Å²) in [4.78, 5) is 0. The summed E-state index contributed by atoms with van der Waals surface area (Å²) in [6.07, 6.45) is 16.4. The van der Waals surface area contributed by atoms with Crippen molar-refractivity contribution in [2.45, 2.75) is 119 Å². The zero-order chi connectivity index (χ0) is 33.5. The molecule has 0 spiro atoms. The number of quaternary nitrogens is 2. The third-order valence-electron chi connectivity index (χ3n) is 7.69. The minimum Gasteiger partial charge on any atom is -0.860 e. The Kier molecular flexibility index (Phi) is 25.3. The molecule has 0 saturated carbocycles. The van der Waals surface area contributed by atoms with E-state index >= 15 is 0 Å². The van der Waals surface area contributed by atoms with Crippen LogP contribution < -0.4 is 14.7 Å². The van der Waals surface area contributed by atoms with Crippen LogP contribution in [0.25, 0.3) is 0 Å². The van der Waals surface area contributed by atoms with Gasteiger partial charge in [0, 0.05) is 0 Å². The van der Waals surface area contributed by atoms with Crippen LogP contribution in [-0.4, -0.2) is 69.7 Å². The SMILES string of the molecule is CCCC[N+](C)(CCCC)CCCC.CCCC[N+](C)(CCCC)CCCC.[O-]B([O-])Oc1c(F)c(F)c(F)c(F)c1F. The van der Waals surface area contributed by atoms with Crippen molar-refractivity contribution in [3.8, 4) is 5.75 Å². The Labute approximate surface area is 259 Å². The topological polar surface area (TPSA) is 55.3 Å². The highest BCUT2D eigenvalue weighted by molar-refractivity contribution is 6.29. The standard InChI is InChI=1S/2C13H30N.C6BF5O3/c2*1-5-8-11-14(4,12-9-6-2)13-10-7-3;8-1-2(9)4(11)6(15-7(13)14)5(12)3(1)10/h2*5-13H2,1-4H3;/q2*+1;-2. The summed E-state index contributed by atoms with van der Waals surface area (Å²) in [6, 6.07) is 0. The lowest BCUT2D eigenvalue weighted by Gasteiger charge is -2.34. The lowest BCUT2D eigenvalue weighted by Crippen LogP contribution is -2.50. The molecule has 0 aliphatic rings. The minimum absolute atomic E-state index is 1.32. The smallest absolute Gasteiger partial charge is 0.205 e. The summed E-state index contributed by atoms with van der Waals surface area (Å²) in [7, 11) is 1.69. The number of benzene rings is 1. The van der Waals surface area contributed by atoms with Crippen LogP contribution in [0.5, 0.6) is 5.75 Å². The molecule has 0 radical (unpaired) electrons. The second kappa shape index (κ2) is 24.8. The van der Waals surface area contributed by atoms with Crippen molar-refractivity contribution in [2.75, 3.05) is 53.4 Å². The summed E-state index contributed by atoms with van der Waals surface area (Å²) in [6.45, 7) is 22.1. The summed E-state index contributed by atoms with van der Waals surface area (Å²) >= 11 is 0. The highest BCUT2D eigenvalue weighted by atomic mass is 19.2. The number of halogens is 5. The molecule has 0 heterocycles. The molecule has 1 aromatic rings.